The van der Waals surface area contributed by atoms with Gasteiger partial charge in [-0.05, 0) is 51.4 Å². The smallest absolute Gasteiger partial charge is 0.0792 e. The summed E-state index contributed by atoms with van der Waals surface area (Å²) < 4.78 is 5.89. The summed E-state index contributed by atoms with van der Waals surface area (Å²) in [6.07, 6.45) is 13.1. The van der Waals surface area contributed by atoms with Crippen molar-refractivity contribution in [3.05, 3.63) is 11.6 Å². The predicted octanol–water partition coefficient (Wildman–Crippen LogP) is 3.41. The van der Waals surface area contributed by atoms with Gasteiger partial charge in [-0.1, -0.05) is 24.5 Å². The maximum absolute atomic E-state index is 6.45. The Morgan fingerprint density at radius 3 is 2.76 bits per heavy atom. The van der Waals surface area contributed by atoms with E-state index in [1.54, 1.807) is 0 Å². The molecule has 2 aliphatic rings. The molecule has 0 spiro atoms. The monoisotopic (exact) mass is 237 g/mol. The third-order valence-electron chi connectivity index (χ3n) is 4.05. The minimum atomic E-state index is 0.153. The topological polar surface area (TPSA) is 35.2 Å². The Balaban J connectivity index is 1.96. The first kappa shape index (κ1) is 13.1. The highest BCUT2D eigenvalue weighted by Crippen LogP contribution is 2.37. The lowest BCUT2D eigenvalue weighted by atomic mass is 9.91. The molecule has 0 aromatic rings. The van der Waals surface area contributed by atoms with Crippen LogP contribution in [0.4, 0.5) is 0 Å². The van der Waals surface area contributed by atoms with Crippen LogP contribution in [0.25, 0.3) is 0 Å². The number of nitrogens with two attached hydrogens (primary N) is 1. The Hall–Kier alpha value is -0.340. The van der Waals surface area contributed by atoms with Crippen LogP contribution < -0.4 is 5.73 Å². The van der Waals surface area contributed by atoms with Crippen LogP contribution in [0.15, 0.2) is 11.6 Å². The van der Waals surface area contributed by atoms with Gasteiger partial charge in [-0.15, -0.1) is 0 Å². The van der Waals surface area contributed by atoms with Gasteiger partial charge >= 0.3 is 0 Å². The summed E-state index contributed by atoms with van der Waals surface area (Å²) in [6.45, 7) is 2.87. The number of allylic oxidation sites excluding steroid dienone is 1. The van der Waals surface area contributed by atoms with Gasteiger partial charge in [0.1, 0.15) is 0 Å². The molecular formula is C15H27NO. The Morgan fingerprint density at radius 1 is 1.29 bits per heavy atom. The molecule has 2 nitrogen and oxygen atoms in total. The van der Waals surface area contributed by atoms with Crippen molar-refractivity contribution in [2.75, 3.05) is 6.61 Å². The van der Waals surface area contributed by atoms with E-state index < -0.39 is 0 Å². The van der Waals surface area contributed by atoms with Gasteiger partial charge < -0.3 is 10.5 Å². The number of hydrogen-bond donors (Lipinski definition) is 1. The molecule has 0 radical (unpaired) electrons. The molecule has 0 amide bonds. The van der Waals surface area contributed by atoms with Gasteiger partial charge in [0.2, 0.25) is 0 Å². The molecule has 0 aromatic heterocycles. The lowest BCUT2D eigenvalue weighted by Crippen LogP contribution is -2.40. The molecule has 1 fully saturated rings. The first-order valence-electron chi connectivity index (χ1n) is 7.39. The molecule has 0 heterocycles. The first-order chi connectivity index (χ1) is 8.33. The summed E-state index contributed by atoms with van der Waals surface area (Å²) in [5, 5.41) is 0. The minimum absolute atomic E-state index is 0.153. The quantitative estimate of drug-likeness (QED) is 0.744. The molecule has 98 valence electrons. The lowest BCUT2D eigenvalue weighted by Gasteiger charge is -2.27. The summed E-state index contributed by atoms with van der Waals surface area (Å²) in [6, 6.07) is 0.153. The summed E-state index contributed by atoms with van der Waals surface area (Å²) in [5.74, 6) is 0.733. The second kappa shape index (κ2) is 6.55. The van der Waals surface area contributed by atoms with Crippen molar-refractivity contribution in [1.82, 2.24) is 0 Å². The molecule has 2 rings (SSSR count). The van der Waals surface area contributed by atoms with E-state index in [1.165, 1.54) is 56.9 Å². The summed E-state index contributed by atoms with van der Waals surface area (Å²) in [5.41, 5.74) is 7.91. The van der Waals surface area contributed by atoms with Gasteiger partial charge in [-0.2, -0.15) is 0 Å². The van der Waals surface area contributed by atoms with Crippen LogP contribution in [0, 0.1) is 5.92 Å². The van der Waals surface area contributed by atoms with Crippen LogP contribution in [-0.2, 0) is 4.74 Å². The second-order valence-electron chi connectivity index (χ2n) is 5.52. The molecular weight excluding hydrogens is 210 g/mol. The first-order valence-corrected chi connectivity index (χ1v) is 7.39. The molecule has 2 aliphatic carbocycles. The largest absolute Gasteiger partial charge is 0.376 e. The van der Waals surface area contributed by atoms with Gasteiger partial charge in [0.05, 0.1) is 12.1 Å². The normalized spacial score (nSPS) is 25.6. The lowest BCUT2D eigenvalue weighted by molar-refractivity contribution is 0.0356. The van der Waals surface area contributed by atoms with E-state index in [0.29, 0.717) is 0 Å². The molecule has 2 heteroatoms. The van der Waals surface area contributed by atoms with Gasteiger partial charge in [0.15, 0.2) is 0 Å². The average Bonchev–Trinajstić information content (AvgIpc) is 3.08. The molecule has 0 aromatic carbocycles. The van der Waals surface area contributed by atoms with E-state index in [9.17, 15) is 0 Å². The Bertz CT molecular complexity index is 258. The highest BCUT2D eigenvalue weighted by molar-refractivity contribution is 5.15. The van der Waals surface area contributed by atoms with Crippen LogP contribution >= 0.6 is 0 Å². The zero-order chi connectivity index (χ0) is 12.1. The minimum Gasteiger partial charge on any atom is -0.376 e. The molecule has 17 heavy (non-hydrogen) atoms. The molecule has 2 unspecified atom stereocenters. The van der Waals surface area contributed by atoms with Gasteiger partial charge in [0.25, 0.3) is 0 Å². The molecule has 2 atom stereocenters. The van der Waals surface area contributed by atoms with Crippen molar-refractivity contribution >= 4 is 0 Å². The highest BCUT2D eigenvalue weighted by Gasteiger charge is 2.36. The predicted molar refractivity (Wildman–Crippen MR) is 71.9 cm³/mol. The summed E-state index contributed by atoms with van der Waals surface area (Å²) in [7, 11) is 0. The van der Waals surface area contributed by atoms with E-state index in [0.717, 1.165) is 12.5 Å². The van der Waals surface area contributed by atoms with Crippen LogP contribution in [0.3, 0.4) is 0 Å². The highest BCUT2D eigenvalue weighted by atomic mass is 16.5. The third kappa shape index (κ3) is 3.82. The number of hydrogen-bond acceptors (Lipinski definition) is 2. The SMILES string of the molecule is CCOC(C1CC1)C(N)C1=CCCCCCC1. The van der Waals surface area contributed by atoms with E-state index in [4.69, 9.17) is 10.5 Å². The van der Waals surface area contributed by atoms with Crippen LogP contribution in [-0.4, -0.2) is 18.8 Å². The molecule has 0 saturated heterocycles. The molecule has 1 saturated carbocycles. The average molecular weight is 237 g/mol. The molecule has 0 bridgehead atoms. The fourth-order valence-electron chi connectivity index (χ4n) is 2.88. The maximum atomic E-state index is 6.45. The van der Waals surface area contributed by atoms with E-state index in [1.807, 2.05) is 0 Å². The van der Waals surface area contributed by atoms with Crippen molar-refractivity contribution in [3.63, 3.8) is 0 Å². The summed E-state index contributed by atoms with van der Waals surface area (Å²) >= 11 is 0. The third-order valence-corrected chi connectivity index (χ3v) is 4.05. The van der Waals surface area contributed by atoms with Crippen molar-refractivity contribution in [3.8, 4) is 0 Å². The zero-order valence-corrected chi connectivity index (χ0v) is 11.2. The number of ether oxygens (including phenoxy) is 1. The Kier molecular flexibility index (Phi) is 5.05. The van der Waals surface area contributed by atoms with E-state index in [2.05, 4.69) is 13.0 Å². The van der Waals surface area contributed by atoms with Crippen LogP contribution in [0.1, 0.15) is 58.3 Å². The van der Waals surface area contributed by atoms with Crippen molar-refractivity contribution in [2.24, 2.45) is 11.7 Å². The van der Waals surface area contributed by atoms with E-state index in [-0.39, 0.29) is 12.1 Å². The summed E-state index contributed by atoms with van der Waals surface area (Å²) in [4.78, 5) is 0. The molecule has 0 aliphatic heterocycles. The Labute approximate surface area is 106 Å². The second-order valence-corrected chi connectivity index (χ2v) is 5.52. The van der Waals surface area contributed by atoms with Gasteiger partial charge in [-0.25, -0.2) is 0 Å². The fraction of sp³-hybridized carbons (Fsp3) is 0.867. The van der Waals surface area contributed by atoms with Crippen molar-refractivity contribution in [2.45, 2.75) is 70.4 Å². The molecule has 2 N–H and O–H groups in total. The van der Waals surface area contributed by atoms with Crippen molar-refractivity contribution in [1.29, 1.82) is 0 Å². The Morgan fingerprint density at radius 2 is 2.06 bits per heavy atom. The van der Waals surface area contributed by atoms with E-state index >= 15 is 0 Å². The maximum Gasteiger partial charge on any atom is 0.0792 e. The standard InChI is InChI=1S/C15H27NO/c1-2-17-15(13-10-11-13)14(16)12-8-6-4-3-5-7-9-12/h8,13-15H,2-7,9-11,16H2,1H3. The number of rotatable bonds is 5. The zero-order valence-electron chi connectivity index (χ0n) is 11.2. The fourth-order valence-corrected chi connectivity index (χ4v) is 2.88. The van der Waals surface area contributed by atoms with Crippen LogP contribution in [0.2, 0.25) is 0 Å². The van der Waals surface area contributed by atoms with Crippen molar-refractivity contribution < 1.29 is 4.74 Å². The van der Waals surface area contributed by atoms with Gasteiger partial charge in [-0.3, -0.25) is 0 Å². The van der Waals surface area contributed by atoms with Crippen LogP contribution in [0.5, 0.6) is 0 Å². The van der Waals surface area contributed by atoms with Gasteiger partial charge in [0, 0.05) is 6.61 Å².